The number of nitrogen functional groups attached to an aromatic ring is 1. The predicted octanol–water partition coefficient (Wildman–Crippen LogP) is 3.54. The quantitative estimate of drug-likeness (QED) is 0.172. The monoisotopic (exact) mass is 869 g/mol. The van der Waals surface area contributed by atoms with Gasteiger partial charge in [0.25, 0.3) is 17.7 Å². The number of likely N-dealkylation sites (tertiary alicyclic amines) is 1. The number of hydrogen-bond acceptors (Lipinski definition) is 13. The molecule has 0 radical (unpaired) electrons. The van der Waals surface area contributed by atoms with Crippen LogP contribution in [0.25, 0.3) is 22.3 Å². The van der Waals surface area contributed by atoms with Crippen LogP contribution in [-0.4, -0.2) is 128 Å². The SMILES string of the molecule is COc1ccc(F)cc1C(=O)NCc1ccc(-c2nn(C3CCN([C@H]4C[C@@H](N5CCN(c6ccc7c(c6)C(=O)N(C6CCC(=O)NC6=O)C7=O)CC5)C4)CC3)c3ncnc(N)c23)cc1. The van der Waals surface area contributed by atoms with Gasteiger partial charge in [-0.25, -0.2) is 19.0 Å². The molecule has 2 aromatic heterocycles. The lowest BCUT2D eigenvalue weighted by Gasteiger charge is -2.51. The number of amides is 5. The van der Waals surface area contributed by atoms with Crippen LogP contribution in [0.15, 0.2) is 67.0 Å². The smallest absolute Gasteiger partial charge is 0.262 e. The van der Waals surface area contributed by atoms with Crippen LogP contribution in [0.5, 0.6) is 5.75 Å². The second-order valence-electron chi connectivity index (χ2n) is 17.2. The number of nitrogens with two attached hydrogens (primary N) is 1. The van der Waals surface area contributed by atoms with Crippen molar-refractivity contribution in [2.24, 2.45) is 0 Å². The number of methoxy groups -OCH3 is 1. The third kappa shape index (κ3) is 7.49. The molecule has 17 nitrogen and oxygen atoms in total. The lowest BCUT2D eigenvalue weighted by Crippen LogP contribution is -2.59. The molecule has 3 saturated heterocycles. The van der Waals surface area contributed by atoms with Crippen molar-refractivity contribution < 1.29 is 33.1 Å². The molecule has 18 heteroatoms. The Bertz CT molecular complexity index is 2690. The Balaban J connectivity index is 0.720. The number of fused-ring (bicyclic) bond motifs is 2. The third-order valence-corrected chi connectivity index (χ3v) is 13.7. The van der Waals surface area contributed by atoms with Crippen LogP contribution in [0.1, 0.15) is 81.2 Å². The number of benzene rings is 3. The van der Waals surface area contributed by atoms with E-state index in [4.69, 9.17) is 15.6 Å². The molecule has 1 atom stereocenters. The minimum Gasteiger partial charge on any atom is -0.496 e. The van der Waals surface area contributed by atoms with E-state index in [2.05, 4.69) is 35.3 Å². The van der Waals surface area contributed by atoms with E-state index < -0.39 is 41.4 Å². The third-order valence-electron chi connectivity index (χ3n) is 13.7. The van der Waals surface area contributed by atoms with E-state index in [1.165, 1.54) is 25.6 Å². The van der Waals surface area contributed by atoms with Gasteiger partial charge in [0.15, 0.2) is 5.65 Å². The highest BCUT2D eigenvalue weighted by Gasteiger charge is 2.45. The summed E-state index contributed by atoms with van der Waals surface area (Å²) in [6.07, 6.45) is 5.79. The highest BCUT2D eigenvalue weighted by molar-refractivity contribution is 6.23. The van der Waals surface area contributed by atoms with Crippen LogP contribution in [0.3, 0.4) is 0 Å². The van der Waals surface area contributed by atoms with Gasteiger partial charge in [-0.15, -0.1) is 0 Å². The Morgan fingerprint density at radius 3 is 2.28 bits per heavy atom. The topological polar surface area (TPSA) is 201 Å². The van der Waals surface area contributed by atoms with E-state index in [0.717, 1.165) is 92.7 Å². The van der Waals surface area contributed by atoms with Crippen LogP contribution in [0.4, 0.5) is 15.9 Å². The largest absolute Gasteiger partial charge is 0.496 e. The number of hydrogen-bond donors (Lipinski definition) is 3. The van der Waals surface area contributed by atoms with E-state index in [0.29, 0.717) is 51.5 Å². The molecule has 4 fully saturated rings. The summed E-state index contributed by atoms with van der Waals surface area (Å²) < 4.78 is 21.1. The number of anilines is 2. The van der Waals surface area contributed by atoms with Gasteiger partial charge in [0.05, 0.1) is 35.2 Å². The molecule has 0 bridgehead atoms. The Kier molecular flexibility index (Phi) is 10.8. The summed E-state index contributed by atoms with van der Waals surface area (Å²) in [5, 5.41) is 10.9. The van der Waals surface area contributed by atoms with Crippen LogP contribution in [-0.2, 0) is 16.1 Å². The molecule has 4 aliphatic heterocycles. The maximum absolute atomic E-state index is 13.9. The van der Waals surface area contributed by atoms with Gasteiger partial charge in [-0.05, 0) is 74.1 Å². The Morgan fingerprint density at radius 2 is 1.56 bits per heavy atom. The van der Waals surface area contributed by atoms with Gasteiger partial charge < -0.3 is 25.6 Å². The van der Waals surface area contributed by atoms with Crippen molar-refractivity contribution in [1.29, 1.82) is 0 Å². The van der Waals surface area contributed by atoms with Crippen LogP contribution < -0.4 is 26.0 Å². The minimum atomic E-state index is -0.981. The molecule has 330 valence electrons. The molecule has 64 heavy (non-hydrogen) atoms. The van der Waals surface area contributed by atoms with Crippen LogP contribution in [0.2, 0.25) is 0 Å². The number of piperazine rings is 1. The standard InChI is InChI=1S/C46H48FN11O6/c1-64-37-10-6-28(47)20-35(37)43(60)49-24-26-2-4-27(5-3-26)40-39-41(48)50-25-51-42(39)58(53-40)29-12-14-54(15-13-29)31-21-32(22-31)56-18-16-55(17-19-56)30-7-8-33-34(23-30)46(63)57(45(33)62)36-9-11-38(59)52-44(36)61/h2-8,10,20,23,25,29,31-32,36H,9,11-19,21-22,24H2,1H3,(H,49,60)(H2,48,50,51)(H,52,59,61)/t31-,32+,36?. The Labute approximate surface area is 367 Å². The summed E-state index contributed by atoms with van der Waals surface area (Å²) in [6, 6.07) is 17.1. The van der Waals surface area contributed by atoms with Crippen molar-refractivity contribution in [3.05, 3.63) is 95.1 Å². The molecule has 6 heterocycles. The van der Waals surface area contributed by atoms with Crippen LogP contribution in [0, 0.1) is 5.82 Å². The lowest BCUT2D eigenvalue weighted by molar-refractivity contribution is -0.136. The zero-order chi connectivity index (χ0) is 44.2. The normalized spacial score (nSPS) is 22.1. The summed E-state index contributed by atoms with van der Waals surface area (Å²) in [7, 11) is 1.44. The number of carbonyl (C=O) groups is 5. The zero-order valence-electron chi connectivity index (χ0n) is 35.3. The number of nitrogens with zero attached hydrogens (tertiary/aromatic N) is 8. The van der Waals surface area contributed by atoms with Gasteiger partial charge in [0.1, 0.15) is 35.4 Å². The van der Waals surface area contributed by atoms with Crippen LogP contribution >= 0.6 is 0 Å². The molecule has 4 N–H and O–H groups in total. The maximum Gasteiger partial charge on any atom is 0.262 e. The summed E-state index contributed by atoms with van der Waals surface area (Å²) in [4.78, 5) is 80.9. The Morgan fingerprint density at radius 1 is 0.844 bits per heavy atom. The van der Waals surface area contributed by atoms with Crippen molar-refractivity contribution >= 4 is 52.1 Å². The molecule has 1 aliphatic carbocycles. The van der Waals surface area contributed by atoms with E-state index in [9.17, 15) is 28.4 Å². The second-order valence-corrected chi connectivity index (χ2v) is 17.2. The average molecular weight is 870 g/mol. The lowest BCUT2D eigenvalue weighted by atomic mass is 9.82. The first-order chi connectivity index (χ1) is 31.0. The highest BCUT2D eigenvalue weighted by Crippen LogP contribution is 2.38. The summed E-state index contributed by atoms with van der Waals surface area (Å²) in [5.41, 5.74) is 11.2. The molecule has 0 spiro atoms. The van der Waals surface area contributed by atoms with Gasteiger partial charge in [0, 0.05) is 75.6 Å². The Hall–Kier alpha value is -6.79. The predicted molar refractivity (Wildman–Crippen MR) is 233 cm³/mol. The number of ether oxygens (including phenoxy) is 1. The van der Waals surface area contributed by atoms with Crippen molar-refractivity contribution in [3.63, 3.8) is 0 Å². The average Bonchev–Trinajstić information content (AvgIpc) is 3.80. The first kappa shape index (κ1) is 41.2. The number of piperidine rings is 2. The number of imide groups is 2. The molecule has 5 aromatic rings. The highest BCUT2D eigenvalue weighted by atomic mass is 19.1. The molecule has 5 amide bonds. The van der Waals surface area contributed by atoms with Gasteiger partial charge in [-0.2, -0.15) is 5.10 Å². The fourth-order valence-electron chi connectivity index (χ4n) is 10.0. The fourth-order valence-corrected chi connectivity index (χ4v) is 10.0. The summed E-state index contributed by atoms with van der Waals surface area (Å²) in [5.74, 6) is -2.29. The number of aromatic nitrogens is 4. The summed E-state index contributed by atoms with van der Waals surface area (Å²) in [6.45, 7) is 5.54. The van der Waals surface area contributed by atoms with Crippen molar-refractivity contribution in [1.82, 2.24) is 45.1 Å². The molecule has 1 saturated carbocycles. The second kappa shape index (κ2) is 16.7. The van der Waals surface area contributed by atoms with E-state index >= 15 is 0 Å². The zero-order valence-corrected chi connectivity index (χ0v) is 35.3. The van der Waals surface area contributed by atoms with Gasteiger partial charge in [-0.1, -0.05) is 24.3 Å². The number of halogens is 1. The van der Waals surface area contributed by atoms with E-state index in [1.54, 1.807) is 12.1 Å². The molecule has 10 rings (SSSR count). The molecule has 3 aromatic carbocycles. The van der Waals surface area contributed by atoms with Gasteiger partial charge in [-0.3, -0.25) is 39.1 Å². The van der Waals surface area contributed by atoms with E-state index in [1.807, 2.05) is 35.0 Å². The van der Waals surface area contributed by atoms with Crippen molar-refractivity contribution in [2.45, 2.75) is 69.2 Å². The maximum atomic E-state index is 13.9. The fraction of sp³-hybridized carbons (Fsp3) is 0.391. The van der Waals surface area contributed by atoms with Crippen molar-refractivity contribution in [2.75, 3.05) is 57.0 Å². The molecule has 1 unspecified atom stereocenters. The molecular formula is C46H48FN11O6. The molecular weight excluding hydrogens is 822 g/mol. The van der Waals surface area contributed by atoms with E-state index in [-0.39, 0.29) is 31.0 Å². The number of nitrogens with one attached hydrogen (secondary N) is 2. The van der Waals surface area contributed by atoms with Gasteiger partial charge in [0.2, 0.25) is 11.8 Å². The molecule has 5 aliphatic rings. The first-order valence-corrected chi connectivity index (χ1v) is 21.8. The first-order valence-electron chi connectivity index (χ1n) is 21.8. The summed E-state index contributed by atoms with van der Waals surface area (Å²) >= 11 is 0. The number of rotatable bonds is 10. The minimum absolute atomic E-state index is 0.0857. The number of carbonyl (C=O) groups excluding carboxylic acids is 5. The van der Waals surface area contributed by atoms with Gasteiger partial charge >= 0.3 is 0 Å². The van der Waals surface area contributed by atoms with Crippen molar-refractivity contribution in [3.8, 4) is 17.0 Å².